The third kappa shape index (κ3) is 4.62. The lowest BCUT2D eigenvalue weighted by Gasteiger charge is -2.35. The van der Waals surface area contributed by atoms with Gasteiger partial charge in [0.15, 0.2) is 0 Å². The highest BCUT2D eigenvalue weighted by molar-refractivity contribution is 5.11. The summed E-state index contributed by atoms with van der Waals surface area (Å²) >= 11 is 0. The van der Waals surface area contributed by atoms with Crippen molar-refractivity contribution in [1.29, 1.82) is 0 Å². The molecule has 0 spiro atoms. The fourth-order valence-corrected chi connectivity index (χ4v) is 2.49. The fourth-order valence-electron chi connectivity index (χ4n) is 2.49. The molecule has 19 heavy (non-hydrogen) atoms. The van der Waals surface area contributed by atoms with Crippen molar-refractivity contribution >= 4 is 0 Å². The quantitative estimate of drug-likeness (QED) is 0.787. The van der Waals surface area contributed by atoms with E-state index >= 15 is 0 Å². The van der Waals surface area contributed by atoms with Gasteiger partial charge in [0.25, 0.3) is 0 Å². The molecular weight excluding hydrogens is 236 g/mol. The molecular formula is C15H30N4. The summed E-state index contributed by atoms with van der Waals surface area (Å²) in [6.45, 7) is 13.8. The Morgan fingerprint density at radius 2 is 2.00 bits per heavy atom. The third-order valence-electron chi connectivity index (χ3n) is 3.35. The van der Waals surface area contributed by atoms with Crippen LogP contribution in [0.5, 0.6) is 0 Å². The monoisotopic (exact) mass is 266 g/mol. The minimum absolute atomic E-state index is 0.271. The van der Waals surface area contributed by atoms with Crippen molar-refractivity contribution in [3.63, 3.8) is 0 Å². The van der Waals surface area contributed by atoms with Gasteiger partial charge in [0.2, 0.25) is 0 Å². The molecule has 0 saturated heterocycles. The zero-order chi connectivity index (χ0) is 14.4. The Balaban J connectivity index is 2.88. The Morgan fingerprint density at radius 3 is 2.47 bits per heavy atom. The second-order valence-electron chi connectivity index (χ2n) is 5.97. The predicted molar refractivity (Wildman–Crippen MR) is 81.0 cm³/mol. The first-order chi connectivity index (χ1) is 8.99. The molecule has 1 unspecified atom stereocenters. The molecule has 1 heterocycles. The minimum Gasteiger partial charge on any atom is -0.329 e. The number of aromatic nitrogens is 2. The SMILES string of the molecule is CCCn1cc(C(CN)N(CC(C)C)C(C)C)cn1. The highest BCUT2D eigenvalue weighted by Gasteiger charge is 2.23. The summed E-state index contributed by atoms with van der Waals surface area (Å²) in [5, 5.41) is 4.43. The Hall–Kier alpha value is -0.870. The van der Waals surface area contributed by atoms with Crippen LogP contribution in [-0.2, 0) is 6.54 Å². The molecule has 4 nitrogen and oxygen atoms in total. The van der Waals surface area contributed by atoms with Gasteiger partial charge in [0, 0.05) is 37.4 Å². The van der Waals surface area contributed by atoms with Crippen LogP contribution >= 0.6 is 0 Å². The van der Waals surface area contributed by atoms with Crippen LogP contribution in [0.25, 0.3) is 0 Å². The lowest BCUT2D eigenvalue weighted by molar-refractivity contribution is 0.138. The molecule has 110 valence electrons. The largest absolute Gasteiger partial charge is 0.329 e. The molecule has 2 N–H and O–H groups in total. The van der Waals surface area contributed by atoms with Crippen LogP contribution < -0.4 is 5.73 Å². The van der Waals surface area contributed by atoms with Crippen molar-refractivity contribution in [2.45, 2.75) is 59.7 Å². The van der Waals surface area contributed by atoms with Gasteiger partial charge in [0.05, 0.1) is 12.2 Å². The Morgan fingerprint density at radius 1 is 1.32 bits per heavy atom. The van der Waals surface area contributed by atoms with Gasteiger partial charge >= 0.3 is 0 Å². The molecule has 0 radical (unpaired) electrons. The Bertz CT molecular complexity index is 357. The second kappa shape index (κ2) is 7.65. The first kappa shape index (κ1) is 16.2. The molecule has 1 aromatic heterocycles. The zero-order valence-corrected chi connectivity index (χ0v) is 13.1. The predicted octanol–water partition coefficient (Wildman–Crippen LogP) is 2.66. The average Bonchev–Trinajstić information content (AvgIpc) is 2.77. The number of hydrogen-bond acceptors (Lipinski definition) is 3. The van der Waals surface area contributed by atoms with Crippen LogP contribution in [0.15, 0.2) is 12.4 Å². The van der Waals surface area contributed by atoms with E-state index in [9.17, 15) is 0 Å². The van der Waals surface area contributed by atoms with E-state index in [4.69, 9.17) is 5.73 Å². The van der Waals surface area contributed by atoms with E-state index < -0.39 is 0 Å². The third-order valence-corrected chi connectivity index (χ3v) is 3.35. The van der Waals surface area contributed by atoms with Gasteiger partial charge in [-0.25, -0.2) is 0 Å². The maximum atomic E-state index is 6.02. The van der Waals surface area contributed by atoms with Gasteiger partial charge < -0.3 is 5.73 Å². The smallest absolute Gasteiger partial charge is 0.0538 e. The van der Waals surface area contributed by atoms with Crippen molar-refractivity contribution in [1.82, 2.24) is 14.7 Å². The molecule has 0 saturated carbocycles. The maximum absolute atomic E-state index is 6.02. The van der Waals surface area contributed by atoms with E-state index in [1.54, 1.807) is 0 Å². The van der Waals surface area contributed by atoms with Gasteiger partial charge in [-0.3, -0.25) is 9.58 Å². The molecule has 0 amide bonds. The van der Waals surface area contributed by atoms with Gasteiger partial charge in [-0.05, 0) is 26.2 Å². The topological polar surface area (TPSA) is 47.1 Å². The second-order valence-corrected chi connectivity index (χ2v) is 5.97. The number of rotatable bonds is 8. The van der Waals surface area contributed by atoms with E-state index in [0.29, 0.717) is 18.5 Å². The summed E-state index contributed by atoms with van der Waals surface area (Å²) in [5.74, 6) is 0.641. The number of hydrogen-bond donors (Lipinski definition) is 1. The van der Waals surface area contributed by atoms with E-state index in [-0.39, 0.29) is 6.04 Å². The molecule has 4 heteroatoms. The lowest BCUT2D eigenvalue weighted by Crippen LogP contribution is -2.40. The lowest BCUT2D eigenvalue weighted by atomic mass is 10.1. The fraction of sp³-hybridized carbons (Fsp3) is 0.800. The van der Waals surface area contributed by atoms with Crippen molar-refractivity contribution in [3.05, 3.63) is 18.0 Å². The zero-order valence-electron chi connectivity index (χ0n) is 13.1. The van der Waals surface area contributed by atoms with Crippen LogP contribution in [0.4, 0.5) is 0 Å². The van der Waals surface area contributed by atoms with E-state index in [2.05, 4.69) is 50.8 Å². The summed E-state index contributed by atoms with van der Waals surface area (Å²) in [6.07, 6.45) is 5.23. The van der Waals surface area contributed by atoms with Crippen LogP contribution in [0.1, 0.15) is 52.6 Å². The molecule has 0 aliphatic carbocycles. The van der Waals surface area contributed by atoms with Crippen LogP contribution in [0.2, 0.25) is 0 Å². The molecule has 0 bridgehead atoms. The van der Waals surface area contributed by atoms with Crippen molar-refractivity contribution < 1.29 is 0 Å². The Kier molecular flexibility index (Phi) is 6.52. The first-order valence-electron chi connectivity index (χ1n) is 7.47. The first-order valence-corrected chi connectivity index (χ1v) is 7.47. The summed E-state index contributed by atoms with van der Waals surface area (Å²) in [7, 11) is 0. The van der Waals surface area contributed by atoms with Gasteiger partial charge in [-0.2, -0.15) is 5.10 Å². The maximum Gasteiger partial charge on any atom is 0.0538 e. The van der Waals surface area contributed by atoms with Gasteiger partial charge in [-0.1, -0.05) is 20.8 Å². The normalized spacial score (nSPS) is 13.7. The van der Waals surface area contributed by atoms with Gasteiger partial charge in [0.1, 0.15) is 0 Å². The van der Waals surface area contributed by atoms with Crippen molar-refractivity contribution in [3.8, 4) is 0 Å². The van der Waals surface area contributed by atoms with Crippen molar-refractivity contribution in [2.24, 2.45) is 11.7 Å². The number of nitrogens with zero attached hydrogens (tertiary/aromatic N) is 3. The summed E-state index contributed by atoms with van der Waals surface area (Å²) in [4.78, 5) is 2.48. The number of aryl methyl sites for hydroxylation is 1. The molecule has 1 atom stereocenters. The highest BCUT2D eigenvalue weighted by atomic mass is 15.3. The molecule has 0 fully saturated rings. The molecule has 1 rings (SSSR count). The molecule has 0 aliphatic heterocycles. The van der Waals surface area contributed by atoms with Crippen molar-refractivity contribution in [2.75, 3.05) is 13.1 Å². The standard InChI is InChI=1S/C15H30N4/c1-6-7-18-11-14(9-17-18)15(8-16)19(13(4)5)10-12(2)3/h9,11-13,15H,6-8,10,16H2,1-5H3. The van der Waals surface area contributed by atoms with Crippen LogP contribution in [0.3, 0.4) is 0 Å². The van der Waals surface area contributed by atoms with E-state index in [1.165, 1.54) is 5.56 Å². The highest BCUT2D eigenvalue weighted by Crippen LogP contribution is 2.23. The molecule has 1 aromatic rings. The summed E-state index contributed by atoms with van der Waals surface area (Å²) < 4.78 is 2.02. The van der Waals surface area contributed by atoms with Crippen LogP contribution in [-0.4, -0.2) is 33.8 Å². The summed E-state index contributed by atoms with van der Waals surface area (Å²) in [6, 6.07) is 0.762. The van der Waals surface area contributed by atoms with E-state index in [1.807, 2.05) is 10.9 Å². The Labute approximate surface area is 118 Å². The molecule has 0 aliphatic rings. The minimum atomic E-state index is 0.271. The number of nitrogens with two attached hydrogens (primary N) is 1. The molecule has 0 aromatic carbocycles. The van der Waals surface area contributed by atoms with Crippen LogP contribution in [0, 0.1) is 5.92 Å². The van der Waals surface area contributed by atoms with E-state index in [0.717, 1.165) is 19.5 Å². The average molecular weight is 266 g/mol. The summed E-state index contributed by atoms with van der Waals surface area (Å²) in [5.41, 5.74) is 7.26. The van der Waals surface area contributed by atoms with Gasteiger partial charge in [-0.15, -0.1) is 0 Å².